The van der Waals surface area contributed by atoms with Gasteiger partial charge in [-0.3, -0.25) is 4.79 Å². The molecule has 0 saturated heterocycles. The fraction of sp³-hybridized carbons (Fsp3) is 0.130. The van der Waals surface area contributed by atoms with E-state index in [0.29, 0.717) is 5.56 Å². The van der Waals surface area contributed by atoms with Crippen LogP contribution in [0.4, 0.5) is 5.69 Å². The number of fused-ring (bicyclic) bond motifs is 1. The predicted octanol–water partition coefficient (Wildman–Crippen LogP) is 5.11. The first-order valence-corrected chi connectivity index (χ1v) is 9.06. The summed E-state index contributed by atoms with van der Waals surface area (Å²) in [6.07, 6.45) is 0. The number of hydrogen-bond acceptors (Lipinski definition) is 3. The highest BCUT2D eigenvalue weighted by Crippen LogP contribution is 2.24. The molecule has 1 amide bonds. The molecule has 1 aromatic heterocycles. The van der Waals surface area contributed by atoms with Gasteiger partial charge >= 0.3 is 0 Å². The van der Waals surface area contributed by atoms with E-state index < -0.39 is 0 Å². The number of aromatic amines is 1. The first-order chi connectivity index (χ1) is 13.5. The van der Waals surface area contributed by atoms with Crippen molar-refractivity contribution < 1.29 is 9.53 Å². The molecule has 0 aliphatic heterocycles. The van der Waals surface area contributed by atoms with E-state index in [1.54, 1.807) is 31.4 Å². The maximum atomic E-state index is 12.4. The zero-order valence-corrected chi connectivity index (χ0v) is 16.0. The Morgan fingerprint density at radius 3 is 2.32 bits per heavy atom. The van der Waals surface area contributed by atoms with Gasteiger partial charge in [0.15, 0.2) is 0 Å². The zero-order chi connectivity index (χ0) is 19.7. The molecule has 2 N–H and O–H groups in total. The van der Waals surface area contributed by atoms with Gasteiger partial charge in [-0.15, -0.1) is 0 Å². The Morgan fingerprint density at radius 1 is 0.964 bits per heavy atom. The van der Waals surface area contributed by atoms with Crippen molar-refractivity contribution >= 4 is 22.6 Å². The van der Waals surface area contributed by atoms with Gasteiger partial charge in [0.1, 0.15) is 11.6 Å². The normalized spacial score (nSPS) is 10.8. The van der Waals surface area contributed by atoms with Gasteiger partial charge in [-0.2, -0.15) is 0 Å². The van der Waals surface area contributed by atoms with Crippen LogP contribution >= 0.6 is 0 Å². The maximum absolute atomic E-state index is 12.4. The third-order valence-electron chi connectivity index (χ3n) is 4.87. The number of amides is 1. The number of anilines is 1. The molecule has 0 radical (unpaired) electrons. The van der Waals surface area contributed by atoms with Crippen molar-refractivity contribution in [1.82, 2.24) is 9.97 Å². The number of aromatic nitrogens is 2. The molecule has 3 aromatic carbocycles. The molecule has 0 aliphatic rings. The zero-order valence-electron chi connectivity index (χ0n) is 16.0. The highest BCUT2D eigenvalue weighted by Gasteiger charge is 2.09. The van der Waals surface area contributed by atoms with E-state index in [-0.39, 0.29) is 5.91 Å². The summed E-state index contributed by atoms with van der Waals surface area (Å²) in [5.74, 6) is 1.37. The minimum atomic E-state index is -0.162. The molecule has 4 aromatic rings. The fourth-order valence-electron chi connectivity index (χ4n) is 3.06. The number of methoxy groups -OCH3 is 1. The van der Waals surface area contributed by atoms with E-state index in [1.807, 2.05) is 24.3 Å². The molecule has 0 saturated carbocycles. The Hall–Kier alpha value is -3.60. The van der Waals surface area contributed by atoms with Crippen LogP contribution in [0, 0.1) is 13.8 Å². The van der Waals surface area contributed by atoms with Crippen molar-refractivity contribution in [3.8, 4) is 17.1 Å². The lowest BCUT2D eigenvalue weighted by Gasteiger charge is -2.07. The Kier molecular flexibility index (Phi) is 4.57. The van der Waals surface area contributed by atoms with Gasteiger partial charge in [0.2, 0.25) is 0 Å². The second-order valence-electron chi connectivity index (χ2n) is 6.80. The van der Waals surface area contributed by atoms with E-state index >= 15 is 0 Å². The largest absolute Gasteiger partial charge is 0.497 e. The lowest BCUT2D eigenvalue weighted by molar-refractivity contribution is 0.102. The molecule has 5 heteroatoms. The van der Waals surface area contributed by atoms with Gasteiger partial charge in [-0.25, -0.2) is 4.98 Å². The summed E-state index contributed by atoms with van der Waals surface area (Å²) in [7, 11) is 1.60. The van der Waals surface area contributed by atoms with Crippen LogP contribution in [0.2, 0.25) is 0 Å². The lowest BCUT2D eigenvalue weighted by Crippen LogP contribution is -2.11. The molecule has 1 heterocycles. The molecular formula is C23H21N3O2. The number of aryl methyl sites for hydroxylation is 2. The van der Waals surface area contributed by atoms with Crippen LogP contribution in [0.15, 0.2) is 60.7 Å². The first-order valence-electron chi connectivity index (χ1n) is 9.06. The van der Waals surface area contributed by atoms with Crippen LogP contribution in [-0.2, 0) is 0 Å². The Bertz CT molecular complexity index is 1100. The number of ether oxygens (including phenoxy) is 1. The monoisotopic (exact) mass is 371 g/mol. The van der Waals surface area contributed by atoms with Crippen molar-refractivity contribution in [2.45, 2.75) is 13.8 Å². The average molecular weight is 371 g/mol. The molecule has 4 rings (SSSR count). The quantitative estimate of drug-likeness (QED) is 0.524. The van der Waals surface area contributed by atoms with Gasteiger partial charge in [0, 0.05) is 16.8 Å². The van der Waals surface area contributed by atoms with E-state index in [4.69, 9.17) is 4.74 Å². The molecule has 0 bridgehead atoms. The minimum absolute atomic E-state index is 0.162. The SMILES string of the molecule is COc1ccc(C(=O)Nc2ccc(-c3nc4cc(C)c(C)cc4[nH]3)cc2)cc1. The summed E-state index contributed by atoms with van der Waals surface area (Å²) in [6, 6.07) is 18.9. The molecule has 140 valence electrons. The predicted molar refractivity (Wildman–Crippen MR) is 112 cm³/mol. The Morgan fingerprint density at radius 2 is 1.64 bits per heavy atom. The van der Waals surface area contributed by atoms with Crippen LogP contribution in [0.3, 0.4) is 0 Å². The summed E-state index contributed by atoms with van der Waals surface area (Å²) in [5.41, 5.74) is 6.71. The highest BCUT2D eigenvalue weighted by molar-refractivity contribution is 6.04. The molecular weight excluding hydrogens is 350 g/mol. The molecule has 5 nitrogen and oxygen atoms in total. The number of carbonyl (C=O) groups excluding carboxylic acids is 1. The van der Waals surface area contributed by atoms with Crippen molar-refractivity contribution in [1.29, 1.82) is 0 Å². The average Bonchev–Trinajstić information content (AvgIpc) is 3.11. The summed E-state index contributed by atoms with van der Waals surface area (Å²) < 4.78 is 5.12. The van der Waals surface area contributed by atoms with Crippen molar-refractivity contribution in [3.05, 3.63) is 77.4 Å². The topological polar surface area (TPSA) is 67.0 Å². The number of rotatable bonds is 4. The van der Waals surface area contributed by atoms with Crippen molar-refractivity contribution in [2.24, 2.45) is 0 Å². The standard InChI is InChI=1S/C23H21N3O2/c1-14-12-20-21(13-15(14)2)26-22(25-20)16-4-8-18(9-5-16)24-23(27)17-6-10-19(28-3)11-7-17/h4-13H,1-3H3,(H,24,27)(H,25,26). The number of hydrogen-bond donors (Lipinski definition) is 2. The number of nitrogens with zero attached hydrogens (tertiary/aromatic N) is 1. The van der Waals surface area contributed by atoms with Crippen molar-refractivity contribution in [2.75, 3.05) is 12.4 Å². The first kappa shape index (κ1) is 17.8. The molecule has 0 aliphatic carbocycles. The fourth-order valence-corrected chi connectivity index (χ4v) is 3.06. The maximum Gasteiger partial charge on any atom is 0.255 e. The van der Waals surface area contributed by atoms with Gasteiger partial charge in [0.25, 0.3) is 5.91 Å². The third kappa shape index (κ3) is 3.47. The van der Waals surface area contributed by atoms with Gasteiger partial charge in [-0.05, 0) is 85.6 Å². The van der Waals surface area contributed by atoms with Crippen LogP contribution < -0.4 is 10.1 Å². The summed E-state index contributed by atoms with van der Waals surface area (Å²) in [6.45, 7) is 4.18. The summed E-state index contributed by atoms with van der Waals surface area (Å²) in [5, 5.41) is 2.91. The van der Waals surface area contributed by atoms with Crippen LogP contribution in [-0.4, -0.2) is 23.0 Å². The molecule has 28 heavy (non-hydrogen) atoms. The number of benzene rings is 3. The summed E-state index contributed by atoms with van der Waals surface area (Å²) >= 11 is 0. The smallest absolute Gasteiger partial charge is 0.255 e. The number of carbonyl (C=O) groups is 1. The second kappa shape index (κ2) is 7.19. The van der Waals surface area contributed by atoms with Gasteiger partial charge in [-0.1, -0.05) is 0 Å². The molecule has 0 atom stereocenters. The summed E-state index contributed by atoms with van der Waals surface area (Å²) in [4.78, 5) is 20.4. The van der Waals surface area contributed by atoms with Crippen LogP contribution in [0.1, 0.15) is 21.5 Å². The van der Waals surface area contributed by atoms with Gasteiger partial charge < -0.3 is 15.0 Å². The molecule has 0 spiro atoms. The molecule has 0 unspecified atom stereocenters. The number of imidazole rings is 1. The second-order valence-corrected chi connectivity index (χ2v) is 6.80. The third-order valence-corrected chi connectivity index (χ3v) is 4.87. The van der Waals surface area contributed by atoms with E-state index in [2.05, 4.69) is 41.3 Å². The highest BCUT2D eigenvalue weighted by atomic mass is 16.5. The Labute approximate surface area is 163 Å². The van der Waals surface area contributed by atoms with Crippen LogP contribution in [0.25, 0.3) is 22.4 Å². The van der Waals surface area contributed by atoms with Crippen LogP contribution in [0.5, 0.6) is 5.75 Å². The number of H-pyrrole nitrogens is 1. The molecule has 0 fully saturated rings. The minimum Gasteiger partial charge on any atom is -0.497 e. The van der Waals surface area contributed by atoms with E-state index in [9.17, 15) is 4.79 Å². The van der Waals surface area contributed by atoms with Crippen molar-refractivity contribution in [3.63, 3.8) is 0 Å². The number of nitrogens with one attached hydrogen (secondary N) is 2. The lowest BCUT2D eigenvalue weighted by atomic mass is 10.1. The van der Waals surface area contributed by atoms with Gasteiger partial charge in [0.05, 0.1) is 18.1 Å². The van der Waals surface area contributed by atoms with E-state index in [1.165, 1.54) is 11.1 Å². The Balaban J connectivity index is 1.52. The van der Waals surface area contributed by atoms with E-state index in [0.717, 1.165) is 33.9 Å².